The van der Waals surface area contributed by atoms with Crippen molar-refractivity contribution < 1.29 is 9.53 Å². The van der Waals surface area contributed by atoms with E-state index in [9.17, 15) is 4.79 Å². The van der Waals surface area contributed by atoms with Crippen molar-refractivity contribution in [1.82, 2.24) is 24.7 Å². The normalized spacial score (nSPS) is 16.7. The first-order valence-electron chi connectivity index (χ1n) is 9.92. The summed E-state index contributed by atoms with van der Waals surface area (Å²) in [7, 11) is 0. The van der Waals surface area contributed by atoms with Gasteiger partial charge in [-0.05, 0) is 30.2 Å². The van der Waals surface area contributed by atoms with Gasteiger partial charge in [-0.25, -0.2) is 4.52 Å². The van der Waals surface area contributed by atoms with E-state index < -0.39 is 0 Å². The predicted molar refractivity (Wildman–Crippen MR) is 112 cm³/mol. The summed E-state index contributed by atoms with van der Waals surface area (Å²) in [6.07, 6.45) is 5.00. The van der Waals surface area contributed by atoms with Gasteiger partial charge in [0.25, 0.3) is 5.91 Å². The first kappa shape index (κ1) is 18.4. The van der Waals surface area contributed by atoms with E-state index >= 15 is 0 Å². The number of carbonyl (C=O) groups excluding carboxylic acids is 1. The summed E-state index contributed by atoms with van der Waals surface area (Å²) >= 11 is 0. The van der Waals surface area contributed by atoms with Gasteiger partial charge < -0.3 is 9.64 Å². The van der Waals surface area contributed by atoms with Crippen LogP contribution in [0.1, 0.15) is 27.7 Å². The molecule has 1 amide bonds. The molecule has 0 radical (unpaired) electrons. The summed E-state index contributed by atoms with van der Waals surface area (Å²) in [4.78, 5) is 18.9. The SMILES string of the molecule is Cc1cncc(C(=O)N2CCO[C@@H](c3nnn4cc(-c5ccccc5)ccc34)C2)c1. The molecule has 0 bridgehead atoms. The molecule has 1 aliphatic heterocycles. The molecule has 1 aromatic carbocycles. The number of benzene rings is 1. The minimum absolute atomic E-state index is 0.0395. The van der Waals surface area contributed by atoms with Crippen molar-refractivity contribution in [3.8, 4) is 11.1 Å². The molecule has 0 saturated carbocycles. The van der Waals surface area contributed by atoms with Gasteiger partial charge in [-0.2, -0.15) is 0 Å². The van der Waals surface area contributed by atoms with Crippen molar-refractivity contribution in [2.75, 3.05) is 19.7 Å². The van der Waals surface area contributed by atoms with Crippen LogP contribution in [0.25, 0.3) is 16.6 Å². The molecule has 7 heteroatoms. The fourth-order valence-corrected chi connectivity index (χ4v) is 3.80. The summed E-state index contributed by atoms with van der Waals surface area (Å²) in [5, 5.41) is 8.66. The van der Waals surface area contributed by atoms with Gasteiger partial charge in [-0.3, -0.25) is 9.78 Å². The smallest absolute Gasteiger partial charge is 0.255 e. The summed E-state index contributed by atoms with van der Waals surface area (Å²) in [5.74, 6) is -0.0395. The molecule has 1 saturated heterocycles. The highest BCUT2D eigenvalue weighted by atomic mass is 16.5. The maximum atomic E-state index is 12.9. The average molecular weight is 399 g/mol. The maximum absolute atomic E-state index is 12.9. The Morgan fingerprint density at radius 1 is 1.10 bits per heavy atom. The molecule has 0 spiro atoms. The highest BCUT2D eigenvalue weighted by Gasteiger charge is 2.29. The molecule has 150 valence electrons. The van der Waals surface area contributed by atoms with Crippen molar-refractivity contribution in [2.24, 2.45) is 0 Å². The van der Waals surface area contributed by atoms with Crippen LogP contribution in [0.15, 0.2) is 67.1 Å². The number of ether oxygens (including phenoxy) is 1. The van der Waals surface area contributed by atoms with E-state index in [-0.39, 0.29) is 12.0 Å². The van der Waals surface area contributed by atoms with E-state index in [1.54, 1.807) is 21.8 Å². The molecular formula is C23H21N5O2. The number of carbonyl (C=O) groups is 1. The Bertz CT molecular complexity index is 1200. The molecule has 1 fully saturated rings. The Balaban J connectivity index is 1.40. The van der Waals surface area contributed by atoms with E-state index in [0.717, 1.165) is 27.9 Å². The van der Waals surface area contributed by atoms with E-state index in [1.165, 1.54) is 0 Å². The fraction of sp³-hybridized carbons (Fsp3) is 0.217. The minimum atomic E-state index is -0.319. The standard InChI is InChI=1S/C23H21N5O2/c1-16-11-19(13-24-12-16)23(29)27-9-10-30-21(15-27)22-20-8-7-18(14-28(20)26-25-22)17-5-3-2-4-6-17/h2-8,11-14,21H,9-10,15H2,1H3/t21-/m1/s1. The van der Waals surface area contributed by atoms with Gasteiger partial charge in [0.2, 0.25) is 0 Å². The molecule has 4 aromatic rings. The fourth-order valence-electron chi connectivity index (χ4n) is 3.80. The second-order valence-corrected chi connectivity index (χ2v) is 7.45. The van der Waals surface area contributed by atoms with E-state index in [0.29, 0.717) is 25.3 Å². The molecule has 0 N–H and O–H groups in total. The molecule has 30 heavy (non-hydrogen) atoms. The lowest BCUT2D eigenvalue weighted by Gasteiger charge is -2.32. The van der Waals surface area contributed by atoms with E-state index in [4.69, 9.17) is 4.74 Å². The molecule has 1 aliphatic rings. The zero-order valence-corrected chi connectivity index (χ0v) is 16.6. The number of amides is 1. The number of nitrogens with zero attached hydrogens (tertiary/aromatic N) is 5. The number of aromatic nitrogens is 4. The second kappa shape index (κ2) is 7.68. The summed E-state index contributed by atoms with van der Waals surface area (Å²) in [6.45, 7) is 3.36. The van der Waals surface area contributed by atoms with Crippen molar-refractivity contribution in [1.29, 1.82) is 0 Å². The number of hydrogen-bond acceptors (Lipinski definition) is 5. The van der Waals surface area contributed by atoms with Crippen LogP contribution in [0.5, 0.6) is 0 Å². The van der Waals surface area contributed by atoms with Crippen LogP contribution >= 0.6 is 0 Å². The van der Waals surface area contributed by atoms with Crippen LogP contribution < -0.4 is 0 Å². The summed E-state index contributed by atoms with van der Waals surface area (Å²) < 4.78 is 7.73. The van der Waals surface area contributed by atoms with Crippen LogP contribution in [0.3, 0.4) is 0 Å². The van der Waals surface area contributed by atoms with Gasteiger partial charge in [0.15, 0.2) is 0 Å². The van der Waals surface area contributed by atoms with Gasteiger partial charge in [0.05, 0.1) is 24.2 Å². The van der Waals surface area contributed by atoms with Crippen molar-refractivity contribution in [3.63, 3.8) is 0 Å². The van der Waals surface area contributed by atoms with Gasteiger partial charge in [0.1, 0.15) is 11.8 Å². The Kier molecular flexibility index (Phi) is 4.72. The maximum Gasteiger partial charge on any atom is 0.255 e. The monoisotopic (exact) mass is 399 g/mol. The highest BCUT2D eigenvalue weighted by Crippen LogP contribution is 2.27. The van der Waals surface area contributed by atoms with Crippen molar-refractivity contribution in [3.05, 3.63) is 83.9 Å². The lowest BCUT2D eigenvalue weighted by atomic mass is 10.1. The van der Waals surface area contributed by atoms with Crippen molar-refractivity contribution in [2.45, 2.75) is 13.0 Å². The number of aryl methyl sites for hydroxylation is 1. The largest absolute Gasteiger partial charge is 0.368 e. The molecule has 4 heterocycles. The van der Waals surface area contributed by atoms with Crippen LogP contribution in [0, 0.1) is 6.92 Å². The van der Waals surface area contributed by atoms with Gasteiger partial charge in [-0.15, -0.1) is 5.10 Å². The summed E-state index contributed by atoms with van der Waals surface area (Å²) in [5.41, 5.74) is 5.36. The van der Waals surface area contributed by atoms with Crippen molar-refractivity contribution >= 4 is 11.4 Å². The average Bonchev–Trinajstić information content (AvgIpc) is 3.22. The van der Waals surface area contributed by atoms with Crippen LogP contribution in [0.2, 0.25) is 0 Å². The predicted octanol–water partition coefficient (Wildman–Crippen LogP) is 3.31. The van der Waals surface area contributed by atoms with E-state index in [2.05, 4.69) is 33.5 Å². The molecule has 5 rings (SSSR count). The lowest BCUT2D eigenvalue weighted by molar-refractivity contribution is -0.0241. The molecule has 0 aliphatic carbocycles. The zero-order valence-electron chi connectivity index (χ0n) is 16.6. The number of fused-ring (bicyclic) bond motifs is 1. The second-order valence-electron chi connectivity index (χ2n) is 7.45. The Morgan fingerprint density at radius 3 is 2.80 bits per heavy atom. The molecule has 0 unspecified atom stereocenters. The molecule has 3 aromatic heterocycles. The zero-order chi connectivity index (χ0) is 20.5. The van der Waals surface area contributed by atoms with Gasteiger partial charge >= 0.3 is 0 Å². The first-order chi connectivity index (χ1) is 14.7. The number of pyridine rings is 2. The topological polar surface area (TPSA) is 72.6 Å². The first-order valence-corrected chi connectivity index (χ1v) is 9.92. The third-order valence-corrected chi connectivity index (χ3v) is 5.33. The third kappa shape index (κ3) is 3.44. The number of rotatable bonds is 3. The van der Waals surface area contributed by atoms with Crippen LogP contribution in [-0.2, 0) is 4.74 Å². The third-order valence-electron chi connectivity index (χ3n) is 5.33. The molecule has 7 nitrogen and oxygen atoms in total. The molecule has 1 atom stereocenters. The van der Waals surface area contributed by atoms with Crippen LogP contribution in [0.4, 0.5) is 0 Å². The van der Waals surface area contributed by atoms with Gasteiger partial charge in [0, 0.05) is 30.7 Å². The van der Waals surface area contributed by atoms with Gasteiger partial charge in [-0.1, -0.05) is 41.6 Å². The number of morpholine rings is 1. The summed E-state index contributed by atoms with van der Waals surface area (Å²) in [6, 6.07) is 16.1. The molecular weight excluding hydrogens is 378 g/mol. The van der Waals surface area contributed by atoms with E-state index in [1.807, 2.05) is 43.5 Å². The Labute approximate surface area is 173 Å². The quantitative estimate of drug-likeness (QED) is 0.528. The number of hydrogen-bond donors (Lipinski definition) is 0. The van der Waals surface area contributed by atoms with Crippen LogP contribution in [-0.4, -0.2) is 50.3 Å². The lowest BCUT2D eigenvalue weighted by Crippen LogP contribution is -2.42. The highest BCUT2D eigenvalue weighted by molar-refractivity contribution is 5.94. The minimum Gasteiger partial charge on any atom is -0.368 e. The Hall–Kier alpha value is -3.58. The Morgan fingerprint density at radius 2 is 1.97 bits per heavy atom.